The molecule has 0 bridgehead atoms. The Morgan fingerprint density at radius 1 is 0.889 bits per heavy atom. The molecule has 27 heavy (non-hydrogen) atoms. The van der Waals surface area contributed by atoms with Crippen LogP contribution in [-0.4, -0.2) is 23.9 Å². The number of aliphatic hydroxyl groups excluding tert-OH is 1. The van der Waals surface area contributed by atoms with Crippen LogP contribution in [0.1, 0.15) is 56.6 Å². The molecule has 3 heteroatoms. The van der Waals surface area contributed by atoms with Crippen molar-refractivity contribution >= 4 is 0 Å². The fourth-order valence-corrected chi connectivity index (χ4v) is 3.27. The zero-order valence-corrected chi connectivity index (χ0v) is 16.7. The average molecular weight is 370 g/mol. The molecule has 3 N–H and O–H groups in total. The van der Waals surface area contributed by atoms with E-state index in [4.69, 9.17) is 10.5 Å². The van der Waals surface area contributed by atoms with Crippen molar-refractivity contribution in [2.75, 3.05) is 13.2 Å². The van der Waals surface area contributed by atoms with Crippen molar-refractivity contribution in [2.45, 2.75) is 63.8 Å². The molecule has 0 aliphatic carbocycles. The van der Waals surface area contributed by atoms with Crippen LogP contribution < -0.4 is 10.5 Å². The Balaban J connectivity index is 1.76. The van der Waals surface area contributed by atoms with Gasteiger partial charge in [-0.2, -0.15) is 0 Å². The third-order valence-corrected chi connectivity index (χ3v) is 5.07. The fourth-order valence-electron chi connectivity index (χ4n) is 3.27. The minimum Gasteiger partial charge on any atom is -0.494 e. The van der Waals surface area contributed by atoms with E-state index in [-0.39, 0.29) is 6.61 Å². The summed E-state index contributed by atoms with van der Waals surface area (Å²) in [6.45, 7) is 3.01. The quantitative estimate of drug-likeness (QED) is 0.494. The number of aliphatic hydroxyl groups is 1. The largest absolute Gasteiger partial charge is 0.494 e. The molecule has 0 radical (unpaired) electrons. The number of rotatable bonds is 13. The summed E-state index contributed by atoms with van der Waals surface area (Å²) in [6.07, 6.45) is 8.53. The van der Waals surface area contributed by atoms with Crippen LogP contribution in [-0.2, 0) is 12.8 Å². The van der Waals surface area contributed by atoms with Crippen LogP contribution in [0, 0.1) is 0 Å². The first-order chi connectivity index (χ1) is 13.1. The van der Waals surface area contributed by atoms with E-state index in [2.05, 4.69) is 31.2 Å². The molecule has 0 saturated heterocycles. The van der Waals surface area contributed by atoms with Gasteiger partial charge in [0.15, 0.2) is 0 Å². The maximum Gasteiger partial charge on any atom is 0.119 e. The molecule has 0 spiro atoms. The first kappa shape index (κ1) is 21.5. The van der Waals surface area contributed by atoms with E-state index in [1.165, 1.54) is 31.2 Å². The van der Waals surface area contributed by atoms with Gasteiger partial charge in [-0.05, 0) is 48.9 Å². The Hall–Kier alpha value is -1.84. The Labute approximate surface area is 164 Å². The van der Waals surface area contributed by atoms with Crippen molar-refractivity contribution in [1.29, 1.82) is 0 Å². The Morgan fingerprint density at radius 3 is 2.26 bits per heavy atom. The Bertz CT molecular complexity index is 627. The zero-order chi connectivity index (χ0) is 19.4. The third kappa shape index (κ3) is 8.15. The summed E-state index contributed by atoms with van der Waals surface area (Å²) in [5, 5.41) is 9.80. The highest BCUT2D eigenvalue weighted by atomic mass is 16.5. The van der Waals surface area contributed by atoms with Gasteiger partial charge in [0.1, 0.15) is 5.75 Å². The number of benzene rings is 2. The molecule has 0 aliphatic rings. The van der Waals surface area contributed by atoms with Crippen LogP contribution in [0.4, 0.5) is 0 Å². The fraction of sp³-hybridized carbons (Fsp3) is 0.500. The van der Waals surface area contributed by atoms with Gasteiger partial charge in [0, 0.05) is 5.54 Å². The van der Waals surface area contributed by atoms with Crippen LogP contribution in [0.15, 0.2) is 54.6 Å². The van der Waals surface area contributed by atoms with Gasteiger partial charge < -0.3 is 15.6 Å². The minimum atomic E-state index is -0.588. The van der Waals surface area contributed by atoms with Crippen molar-refractivity contribution in [1.82, 2.24) is 0 Å². The van der Waals surface area contributed by atoms with E-state index < -0.39 is 5.54 Å². The molecule has 3 nitrogen and oxygen atoms in total. The van der Waals surface area contributed by atoms with Crippen LogP contribution in [0.25, 0.3) is 0 Å². The summed E-state index contributed by atoms with van der Waals surface area (Å²) in [6, 6.07) is 18.4. The molecule has 2 aromatic carbocycles. The van der Waals surface area contributed by atoms with Gasteiger partial charge in [-0.15, -0.1) is 0 Å². The summed E-state index contributed by atoms with van der Waals surface area (Å²) in [7, 11) is 0. The first-order valence-electron chi connectivity index (χ1n) is 10.3. The lowest BCUT2D eigenvalue weighted by atomic mass is 9.87. The lowest BCUT2D eigenvalue weighted by molar-refractivity contribution is 0.186. The van der Waals surface area contributed by atoms with Crippen molar-refractivity contribution in [3.8, 4) is 5.75 Å². The predicted octanol–water partition coefficient (Wildman–Crippen LogP) is 4.90. The van der Waals surface area contributed by atoms with E-state index >= 15 is 0 Å². The number of hydrogen-bond donors (Lipinski definition) is 2. The highest BCUT2D eigenvalue weighted by Crippen LogP contribution is 2.20. The average Bonchev–Trinajstić information content (AvgIpc) is 2.71. The molecular formula is C24H35NO2. The highest BCUT2D eigenvalue weighted by Gasteiger charge is 2.24. The molecule has 2 rings (SSSR count). The van der Waals surface area contributed by atoms with Crippen LogP contribution in [0.2, 0.25) is 0 Å². The second kappa shape index (κ2) is 11.8. The van der Waals surface area contributed by atoms with Gasteiger partial charge in [0.2, 0.25) is 0 Å². The number of aryl methyl sites for hydroxylation is 1. The van der Waals surface area contributed by atoms with Gasteiger partial charge in [0.05, 0.1) is 13.2 Å². The summed E-state index contributed by atoms with van der Waals surface area (Å²) in [4.78, 5) is 0. The monoisotopic (exact) mass is 369 g/mol. The number of nitrogens with two attached hydrogens (primary N) is 1. The highest BCUT2D eigenvalue weighted by molar-refractivity contribution is 5.27. The molecule has 0 aromatic heterocycles. The van der Waals surface area contributed by atoms with Crippen molar-refractivity contribution in [3.05, 3.63) is 65.7 Å². The number of hydrogen-bond acceptors (Lipinski definition) is 3. The second-order valence-corrected chi connectivity index (χ2v) is 7.59. The normalized spacial score (nSPS) is 13.3. The Morgan fingerprint density at radius 2 is 1.59 bits per heavy atom. The van der Waals surface area contributed by atoms with Gasteiger partial charge in [-0.1, -0.05) is 75.1 Å². The van der Waals surface area contributed by atoms with Crippen LogP contribution in [0.3, 0.4) is 0 Å². The third-order valence-electron chi connectivity index (χ3n) is 5.07. The zero-order valence-electron chi connectivity index (χ0n) is 16.7. The summed E-state index contributed by atoms with van der Waals surface area (Å²) >= 11 is 0. The molecule has 0 amide bonds. The van der Waals surface area contributed by atoms with Crippen molar-refractivity contribution < 1.29 is 9.84 Å². The standard InChI is InChI=1S/C24H35NO2/c1-2-3-4-5-9-18-27-23-14-12-21(13-15-23)16-17-24(25,20-26)19-22-10-7-6-8-11-22/h6-8,10-15,26H,2-5,9,16-20,25H2,1H3. The maximum absolute atomic E-state index is 9.80. The SMILES string of the molecule is CCCCCCCOc1ccc(CCC(N)(CO)Cc2ccccc2)cc1. The van der Waals surface area contributed by atoms with E-state index in [0.717, 1.165) is 37.2 Å². The maximum atomic E-state index is 9.80. The predicted molar refractivity (Wildman–Crippen MR) is 113 cm³/mol. The van der Waals surface area contributed by atoms with Crippen LogP contribution in [0.5, 0.6) is 5.75 Å². The molecule has 0 fully saturated rings. The molecule has 1 atom stereocenters. The number of ether oxygens (including phenoxy) is 1. The van der Waals surface area contributed by atoms with Gasteiger partial charge in [0.25, 0.3) is 0 Å². The lowest BCUT2D eigenvalue weighted by Gasteiger charge is -2.27. The molecule has 148 valence electrons. The molecular weight excluding hydrogens is 334 g/mol. The van der Waals surface area contributed by atoms with E-state index in [9.17, 15) is 5.11 Å². The summed E-state index contributed by atoms with van der Waals surface area (Å²) in [5.41, 5.74) is 8.25. The second-order valence-electron chi connectivity index (χ2n) is 7.59. The smallest absolute Gasteiger partial charge is 0.119 e. The Kier molecular flexibility index (Phi) is 9.37. The molecule has 0 heterocycles. The van der Waals surface area contributed by atoms with E-state index in [1.807, 2.05) is 30.3 Å². The van der Waals surface area contributed by atoms with Gasteiger partial charge >= 0.3 is 0 Å². The van der Waals surface area contributed by atoms with Gasteiger partial charge in [-0.3, -0.25) is 0 Å². The van der Waals surface area contributed by atoms with Crippen LogP contribution >= 0.6 is 0 Å². The summed E-state index contributed by atoms with van der Waals surface area (Å²) in [5.74, 6) is 0.930. The molecule has 2 aromatic rings. The number of unbranched alkanes of at least 4 members (excludes halogenated alkanes) is 4. The van der Waals surface area contributed by atoms with Gasteiger partial charge in [-0.25, -0.2) is 0 Å². The van der Waals surface area contributed by atoms with E-state index in [0.29, 0.717) is 6.42 Å². The minimum absolute atomic E-state index is 0.0128. The first-order valence-corrected chi connectivity index (χ1v) is 10.3. The topological polar surface area (TPSA) is 55.5 Å². The van der Waals surface area contributed by atoms with E-state index in [1.54, 1.807) is 0 Å². The summed E-state index contributed by atoms with van der Waals surface area (Å²) < 4.78 is 5.82. The molecule has 0 aliphatic heterocycles. The lowest BCUT2D eigenvalue weighted by Crippen LogP contribution is -2.46. The van der Waals surface area contributed by atoms with Crippen molar-refractivity contribution in [3.63, 3.8) is 0 Å². The molecule has 1 unspecified atom stereocenters. The molecule has 0 saturated carbocycles. The van der Waals surface area contributed by atoms with Crippen molar-refractivity contribution in [2.24, 2.45) is 5.73 Å².